The fraction of sp³-hybridized carbons (Fsp3) is 0.529. The van der Waals surface area contributed by atoms with Gasteiger partial charge in [0.2, 0.25) is 0 Å². The fourth-order valence-electron chi connectivity index (χ4n) is 1.85. The van der Waals surface area contributed by atoms with E-state index in [1.165, 1.54) is 7.11 Å². The van der Waals surface area contributed by atoms with Crippen molar-refractivity contribution in [1.29, 1.82) is 0 Å². The number of rotatable bonds is 7. The minimum atomic E-state index is -0.681. The van der Waals surface area contributed by atoms with Crippen molar-refractivity contribution in [2.75, 3.05) is 20.3 Å². The molecule has 0 aliphatic carbocycles. The smallest absolute Gasteiger partial charge is 0.407 e. The van der Waals surface area contributed by atoms with E-state index in [4.69, 9.17) is 15.2 Å². The van der Waals surface area contributed by atoms with Crippen molar-refractivity contribution >= 4 is 12.1 Å². The van der Waals surface area contributed by atoms with Crippen LogP contribution in [0, 0.1) is 0 Å². The molecule has 0 heterocycles. The van der Waals surface area contributed by atoms with Gasteiger partial charge in [0.25, 0.3) is 0 Å². The number of hydrogen-bond donors (Lipinski definition) is 2. The average molecular weight is 338 g/mol. The highest BCUT2D eigenvalue weighted by Crippen LogP contribution is 2.13. The molecule has 7 nitrogen and oxygen atoms in total. The van der Waals surface area contributed by atoms with Crippen LogP contribution >= 0.6 is 0 Å². The molecule has 0 aromatic heterocycles. The quantitative estimate of drug-likeness (QED) is 0.579. The molecule has 0 spiro atoms. The molecule has 0 radical (unpaired) electrons. The molecule has 0 unspecified atom stereocenters. The molecule has 3 N–H and O–H groups in total. The van der Waals surface area contributed by atoms with E-state index in [0.29, 0.717) is 25.3 Å². The Labute approximate surface area is 142 Å². The maximum absolute atomic E-state index is 11.5. The number of methoxy groups -OCH3 is 1. The Balaban J connectivity index is 2.32. The molecule has 24 heavy (non-hydrogen) atoms. The summed E-state index contributed by atoms with van der Waals surface area (Å²) in [4.78, 5) is 22.7. The van der Waals surface area contributed by atoms with Gasteiger partial charge in [-0.05, 0) is 44.9 Å². The number of hydrogen-bond acceptors (Lipinski definition) is 6. The Hall–Kier alpha value is -2.28. The maximum atomic E-state index is 11.5. The lowest BCUT2D eigenvalue weighted by molar-refractivity contribution is -0.142. The Kier molecular flexibility index (Phi) is 7.51. The second kappa shape index (κ2) is 9.12. The third-order valence-electron chi connectivity index (χ3n) is 2.92. The van der Waals surface area contributed by atoms with Crippen molar-refractivity contribution < 1.29 is 23.8 Å². The Morgan fingerprint density at radius 3 is 2.38 bits per heavy atom. The minimum Gasteiger partial charge on any atom is -0.492 e. The minimum absolute atomic E-state index is 0.320. The molecule has 0 saturated carbocycles. The van der Waals surface area contributed by atoms with Gasteiger partial charge < -0.3 is 25.3 Å². The van der Waals surface area contributed by atoms with Crippen LogP contribution in [-0.4, -0.2) is 44.0 Å². The number of ether oxygens (including phenoxy) is 3. The van der Waals surface area contributed by atoms with Crippen LogP contribution in [0.4, 0.5) is 4.79 Å². The Morgan fingerprint density at radius 1 is 1.21 bits per heavy atom. The number of nitrogens with two attached hydrogens (primary N) is 1. The first-order valence-corrected chi connectivity index (χ1v) is 7.73. The van der Waals surface area contributed by atoms with E-state index in [1.807, 2.05) is 12.1 Å². The van der Waals surface area contributed by atoms with Crippen molar-refractivity contribution in [3.05, 3.63) is 29.8 Å². The molecule has 0 aliphatic rings. The number of alkyl carbamates (subject to hydrolysis) is 1. The molecule has 1 rings (SSSR count). The van der Waals surface area contributed by atoms with Crippen LogP contribution in [0.5, 0.6) is 5.75 Å². The molecule has 1 atom stereocenters. The number of carbonyl (C=O) groups excluding carboxylic acids is 2. The lowest BCUT2D eigenvalue weighted by Gasteiger charge is -2.19. The molecular formula is C17H26N2O5. The Bertz CT molecular complexity index is 537. The first-order valence-electron chi connectivity index (χ1n) is 7.73. The first kappa shape index (κ1) is 19.8. The van der Waals surface area contributed by atoms with E-state index in [-0.39, 0.29) is 0 Å². The SMILES string of the molecule is COC(=O)[C@@H](N)Cc1ccc(OCCNC(=O)OC(C)(C)C)cc1. The van der Waals surface area contributed by atoms with Crippen LogP contribution in [0.25, 0.3) is 0 Å². The van der Waals surface area contributed by atoms with Gasteiger partial charge in [-0.15, -0.1) is 0 Å². The number of amides is 1. The van der Waals surface area contributed by atoms with Crippen LogP contribution < -0.4 is 15.8 Å². The van der Waals surface area contributed by atoms with Crippen molar-refractivity contribution in [3.63, 3.8) is 0 Å². The summed E-state index contributed by atoms with van der Waals surface area (Å²) >= 11 is 0. The third kappa shape index (κ3) is 7.82. The highest BCUT2D eigenvalue weighted by molar-refractivity contribution is 5.75. The van der Waals surface area contributed by atoms with Crippen LogP contribution in [0.2, 0.25) is 0 Å². The summed E-state index contributed by atoms with van der Waals surface area (Å²) in [5.41, 5.74) is 6.10. The lowest BCUT2D eigenvalue weighted by atomic mass is 10.1. The highest BCUT2D eigenvalue weighted by atomic mass is 16.6. The van der Waals surface area contributed by atoms with Gasteiger partial charge in [0.1, 0.15) is 24.0 Å². The van der Waals surface area contributed by atoms with Crippen molar-refractivity contribution in [2.24, 2.45) is 5.73 Å². The summed E-state index contributed by atoms with van der Waals surface area (Å²) in [6.45, 7) is 6.06. The van der Waals surface area contributed by atoms with Crippen LogP contribution in [0.15, 0.2) is 24.3 Å². The molecule has 1 aromatic rings. The van der Waals surface area contributed by atoms with Gasteiger partial charge in [-0.25, -0.2) is 4.79 Å². The third-order valence-corrected chi connectivity index (χ3v) is 2.92. The monoisotopic (exact) mass is 338 g/mol. The van der Waals surface area contributed by atoms with Gasteiger partial charge >= 0.3 is 12.1 Å². The molecule has 0 bridgehead atoms. The molecule has 0 aliphatic heterocycles. The zero-order chi connectivity index (χ0) is 18.2. The largest absolute Gasteiger partial charge is 0.492 e. The molecule has 7 heteroatoms. The second-order valence-corrected chi connectivity index (χ2v) is 6.25. The normalized spacial score (nSPS) is 12.2. The standard InChI is InChI=1S/C17H26N2O5/c1-17(2,3)24-16(21)19-9-10-23-13-7-5-12(6-8-13)11-14(18)15(20)22-4/h5-8,14H,9-11,18H2,1-4H3,(H,19,21)/t14-/m0/s1. The predicted molar refractivity (Wildman–Crippen MR) is 89.9 cm³/mol. The summed E-state index contributed by atoms with van der Waals surface area (Å²) in [5.74, 6) is 0.222. The van der Waals surface area contributed by atoms with E-state index in [0.717, 1.165) is 5.56 Å². The summed E-state index contributed by atoms with van der Waals surface area (Å²) < 4.78 is 15.2. The fourth-order valence-corrected chi connectivity index (χ4v) is 1.85. The summed E-state index contributed by atoms with van der Waals surface area (Å²) in [7, 11) is 1.31. The molecular weight excluding hydrogens is 312 g/mol. The maximum Gasteiger partial charge on any atom is 0.407 e. The molecule has 134 valence electrons. The van der Waals surface area contributed by atoms with Crippen LogP contribution in [-0.2, 0) is 20.7 Å². The predicted octanol–water partition coefficient (Wildman–Crippen LogP) is 1.63. The Morgan fingerprint density at radius 2 is 1.83 bits per heavy atom. The lowest BCUT2D eigenvalue weighted by Crippen LogP contribution is -2.34. The van der Waals surface area contributed by atoms with Crippen molar-refractivity contribution in [2.45, 2.75) is 38.8 Å². The number of esters is 1. The zero-order valence-corrected chi connectivity index (χ0v) is 14.6. The number of benzene rings is 1. The van der Waals surface area contributed by atoms with E-state index >= 15 is 0 Å². The van der Waals surface area contributed by atoms with Crippen molar-refractivity contribution in [3.8, 4) is 5.75 Å². The number of nitrogens with one attached hydrogen (secondary N) is 1. The van der Waals surface area contributed by atoms with Gasteiger partial charge in [0.05, 0.1) is 13.7 Å². The number of carbonyl (C=O) groups is 2. The summed E-state index contributed by atoms with van der Waals surface area (Å²) in [6.07, 6.45) is -0.0779. The summed E-state index contributed by atoms with van der Waals surface area (Å²) in [5, 5.41) is 2.61. The molecule has 1 aromatic carbocycles. The van der Waals surface area contributed by atoms with Gasteiger partial charge in [-0.3, -0.25) is 4.79 Å². The van der Waals surface area contributed by atoms with E-state index in [2.05, 4.69) is 10.1 Å². The van der Waals surface area contributed by atoms with Gasteiger partial charge in [-0.1, -0.05) is 12.1 Å². The van der Waals surface area contributed by atoms with Gasteiger partial charge in [-0.2, -0.15) is 0 Å². The van der Waals surface area contributed by atoms with E-state index < -0.39 is 23.7 Å². The summed E-state index contributed by atoms with van der Waals surface area (Å²) in [6, 6.07) is 6.55. The van der Waals surface area contributed by atoms with Crippen molar-refractivity contribution in [1.82, 2.24) is 5.32 Å². The molecule has 0 saturated heterocycles. The van der Waals surface area contributed by atoms with Crippen LogP contribution in [0.3, 0.4) is 0 Å². The molecule has 0 fully saturated rings. The van der Waals surface area contributed by atoms with Gasteiger partial charge in [0, 0.05) is 0 Å². The van der Waals surface area contributed by atoms with E-state index in [1.54, 1.807) is 32.9 Å². The van der Waals surface area contributed by atoms with Gasteiger partial charge in [0.15, 0.2) is 0 Å². The molecule has 1 amide bonds. The topological polar surface area (TPSA) is 99.9 Å². The highest BCUT2D eigenvalue weighted by Gasteiger charge is 2.15. The average Bonchev–Trinajstić information content (AvgIpc) is 2.50. The second-order valence-electron chi connectivity index (χ2n) is 6.25. The first-order chi connectivity index (χ1) is 11.2. The van der Waals surface area contributed by atoms with E-state index in [9.17, 15) is 9.59 Å². The van der Waals surface area contributed by atoms with Crippen LogP contribution in [0.1, 0.15) is 26.3 Å². The zero-order valence-electron chi connectivity index (χ0n) is 14.6.